The number of primary amides is 1. The summed E-state index contributed by atoms with van der Waals surface area (Å²) in [6.45, 7) is 0. The number of benzene rings is 2. The van der Waals surface area contributed by atoms with Crippen molar-refractivity contribution in [2.45, 2.75) is 30.5 Å². The van der Waals surface area contributed by atoms with Gasteiger partial charge in [-0.3, -0.25) is 29.0 Å². The third kappa shape index (κ3) is 4.78. The second-order valence-electron chi connectivity index (χ2n) is 12.0. The summed E-state index contributed by atoms with van der Waals surface area (Å²) in [5.41, 5.74) is 1.09. The number of phenols is 1. The van der Waals surface area contributed by atoms with Crippen LogP contribution in [0.2, 0.25) is 5.02 Å². The molecule has 3 aliphatic rings. The fraction of sp³-hybridized carbons (Fsp3) is 0.355. The van der Waals surface area contributed by atoms with Gasteiger partial charge in [0, 0.05) is 17.1 Å². The molecular formula is C31H32ClFN4O8. The van der Waals surface area contributed by atoms with Crippen LogP contribution in [0.5, 0.6) is 5.75 Å². The van der Waals surface area contributed by atoms with Gasteiger partial charge in [-0.25, -0.2) is 4.39 Å². The van der Waals surface area contributed by atoms with Gasteiger partial charge < -0.3 is 31.5 Å². The predicted octanol–water partition coefficient (Wildman–Crippen LogP) is 2.00. The maximum absolute atomic E-state index is 14.6. The number of aliphatic hydroxyl groups excluding tert-OH is 2. The second kappa shape index (κ2) is 11.2. The Labute approximate surface area is 262 Å². The van der Waals surface area contributed by atoms with Crippen LogP contribution in [0.3, 0.4) is 0 Å². The highest BCUT2D eigenvalue weighted by molar-refractivity contribution is 6.34. The lowest BCUT2D eigenvalue weighted by Crippen LogP contribution is -2.65. The molecule has 3 aliphatic carbocycles. The minimum absolute atomic E-state index is 0.0194. The van der Waals surface area contributed by atoms with Gasteiger partial charge >= 0.3 is 0 Å². The van der Waals surface area contributed by atoms with Crippen LogP contribution in [0.25, 0.3) is 5.76 Å². The molecule has 0 spiro atoms. The number of phenolic OH excluding ortho intramolecular Hbond substituents is 1. The monoisotopic (exact) mass is 642 g/mol. The van der Waals surface area contributed by atoms with Crippen molar-refractivity contribution in [3.8, 4) is 5.75 Å². The largest absolute Gasteiger partial charge is 0.508 e. The maximum atomic E-state index is 14.6. The van der Waals surface area contributed by atoms with Gasteiger partial charge in [-0.15, -0.1) is 0 Å². The van der Waals surface area contributed by atoms with Gasteiger partial charge in [0.2, 0.25) is 11.7 Å². The number of fused-ring (bicyclic) bond motifs is 3. The molecule has 238 valence electrons. The van der Waals surface area contributed by atoms with E-state index in [4.69, 9.17) is 17.3 Å². The summed E-state index contributed by atoms with van der Waals surface area (Å²) in [6.07, 6.45) is -0.0681. The number of hydrogen-bond acceptors (Lipinski definition) is 10. The Morgan fingerprint density at radius 2 is 1.78 bits per heavy atom. The molecule has 14 heteroatoms. The minimum atomic E-state index is -2.79. The Morgan fingerprint density at radius 3 is 2.36 bits per heavy atom. The molecule has 0 bridgehead atoms. The van der Waals surface area contributed by atoms with Crippen LogP contribution < -0.4 is 11.1 Å². The average molecular weight is 643 g/mol. The zero-order chi connectivity index (χ0) is 33.3. The number of ketones is 2. The Kier molecular flexibility index (Phi) is 8.03. The number of Topliss-reactive ketones (excluding diaryl/α,β-unsaturated/α-hetero) is 2. The van der Waals surface area contributed by atoms with Gasteiger partial charge in [-0.05, 0) is 64.6 Å². The normalized spacial score (nSPS) is 25.2. The van der Waals surface area contributed by atoms with Gasteiger partial charge in [0.15, 0.2) is 17.1 Å². The van der Waals surface area contributed by atoms with E-state index >= 15 is 0 Å². The first kappa shape index (κ1) is 32.1. The first-order valence-corrected chi connectivity index (χ1v) is 14.3. The number of carbonyl (C=O) groups excluding carboxylic acids is 4. The third-order valence-corrected chi connectivity index (χ3v) is 9.17. The van der Waals surface area contributed by atoms with Crippen molar-refractivity contribution in [2.75, 3.05) is 33.5 Å². The van der Waals surface area contributed by atoms with Crippen molar-refractivity contribution in [3.05, 3.63) is 74.8 Å². The van der Waals surface area contributed by atoms with E-state index < -0.39 is 81.6 Å². The smallest absolute Gasteiger partial charge is 0.255 e. The van der Waals surface area contributed by atoms with E-state index in [0.29, 0.717) is 5.56 Å². The van der Waals surface area contributed by atoms with Crippen LogP contribution in [-0.4, -0.2) is 93.4 Å². The first-order valence-electron chi connectivity index (χ1n) is 13.9. The second-order valence-corrected chi connectivity index (χ2v) is 12.4. The van der Waals surface area contributed by atoms with Crippen LogP contribution >= 0.6 is 11.6 Å². The average Bonchev–Trinajstić information content (AvgIpc) is 2.93. The fourth-order valence-electron chi connectivity index (χ4n) is 6.93. The Bertz CT molecular complexity index is 1740. The quantitative estimate of drug-likeness (QED) is 0.200. The number of hydrogen-bond donors (Lipinski definition) is 6. The summed E-state index contributed by atoms with van der Waals surface area (Å²) in [7, 11) is 6.13. The summed E-state index contributed by atoms with van der Waals surface area (Å²) in [6, 6.07) is 4.71. The molecule has 0 radical (unpaired) electrons. The van der Waals surface area contributed by atoms with E-state index in [-0.39, 0.29) is 40.3 Å². The lowest BCUT2D eigenvalue weighted by atomic mass is 9.57. The van der Waals surface area contributed by atoms with Gasteiger partial charge in [0.1, 0.15) is 34.6 Å². The number of anilines is 1. The predicted molar refractivity (Wildman–Crippen MR) is 161 cm³/mol. The molecule has 1 fully saturated rings. The van der Waals surface area contributed by atoms with E-state index in [1.807, 2.05) is 0 Å². The number of likely N-dealkylation sites (N-methyl/N-ethyl adjacent to an activating group) is 2. The number of nitrogens with one attached hydrogen (secondary N) is 1. The van der Waals surface area contributed by atoms with Gasteiger partial charge in [0.25, 0.3) is 5.91 Å². The number of carbonyl (C=O) groups is 4. The Hall–Kier alpha value is -4.30. The van der Waals surface area contributed by atoms with E-state index in [2.05, 4.69) is 5.32 Å². The highest BCUT2D eigenvalue weighted by atomic mass is 35.5. The molecule has 1 saturated carbocycles. The summed E-state index contributed by atoms with van der Waals surface area (Å²) in [5, 5.41) is 47.9. The summed E-state index contributed by atoms with van der Waals surface area (Å²) < 4.78 is 14.6. The van der Waals surface area contributed by atoms with Crippen LogP contribution in [0.4, 0.5) is 10.1 Å². The van der Waals surface area contributed by atoms with Crippen molar-refractivity contribution in [1.29, 1.82) is 0 Å². The van der Waals surface area contributed by atoms with E-state index in [1.54, 1.807) is 20.2 Å². The molecule has 7 N–H and O–H groups in total. The highest BCUT2D eigenvalue weighted by Crippen LogP contribution is 2.54. The number of nitrogens with two attached hydrogens (primary N) is 1. The lowest BCUT2D eigenvalue weighted by Gasteiger charge is -2.50. The molecular weight excluding hydrogens is 611 g/mol. The maximum Gasteiger partial charge on any atom is 0.255 e. The van der Waals surface area contributed by atoms with Crippen LogP contribution in [-0.2, 0) is 25.6 Å². The van der Waals surface area contributed by atoms with Crippen LogP contribution in [0.1, 0.15) is 29.2 Å². The molecule has 45 heavy (non-hydrogen) atoms. The topological polar surface area (TPSA) is 194 Å². The Balaban J connectivity index is 1.61. The first-order chi connectivity index (χ1) is 21.0. The van der Waals surface area contributed by atoms with Gasteiger partial charge in [-0.1, -0.05) is 29.8 Å². The summed E-state index contributed by atoms with van der Waals surface area (Å²) in [5.74, 6) is -9.40. The molecule has 2 aromatic carbocycles. The highest BCUT2D eigenvalue weighted by Gasteiger charge is 2.64. The molecule has 12 nitrogen and oxygen atoms in total. The molecule has 0 aliphatic heterocycles. The summed E-state index contributed by atoms with van der Waals surface area (Å²) in [4.78, 5) is 55.7. The molecule has 4 unspecified atom stereocenters. The number of amides is 2. The fourth-order valence-corrected chi connectivity index (χ4v) is 7.19. The molecule has 0 heterocycles. The standard InChI is InChI=1S/C31H32ClFN4O8/c1-36(2)22(14-7-5-6-8-17(14)33)30(44)35-21-16(32)11-13-9-12-10-15-23(37(3)4)26(40)20(29(34)43)28(42)31(15,45)27(41)19(12)24(38)18(13)25(21)39/h5-8,11-12,15,22-23,38-39,42,45H,9-10H2,1-4H3,(H2,34,43)(H,35,44)/t12?,15?,22?,23-,31?/m0/s1. The van der Waals surface area contributed by atoms with E-state index in [1.165, 1.54) is 48.2 Å². The number of aromatic hydroxyl groups is 1. The summed E-state index contributed by atoms with van der Waals surface area (Å²) >= 11 is 6.50. The number of halogens is 2. The molecule has 5 rings (SSSR count). The van der Waals surface area contributed by atoms with Gasteiger partial charge in [-0.2, -0.15) is 0 Å². The zero-order valence-electron chi connectivity index (χ0n) is 24.8. The van der Waals surface area contributed by atoms with Crippen molar-refractivity contribution in [1.82, 2.24) is 9.80 Å². The Morgan fingerprint density at radius 1 is 1.13 bits per heavy atom. The molecule has 0 saturated heterocycles. The molecule has 0 aromatic heterocycles. The SMILES string of the molecule is CN(C)C(C(=O)Nc1c(Cl)cc2c(c1O)C(O)=C1C(=O)C3(O)C(O)=C(C(N)=O)C(=O)[C@@H](N(C)C)C3CC1C2)c1ccccc1F. The van der Waals surface area contributed by atoms with Crippen molar-refractivity contribution in [2.24, 2.45) is 17.6 Å². The lowest BCUT2D eigenvalue weighted by molar-refractivity contribution is -0.153. The minimum Gasteiger partial charge on any atom is -0.508 e. The third-order valence-electron chi connectivity index (χ3n) is 8.88. The van der Waals surface area contributed by atoms with E-state index in [9.17, 15) is 44.0 Å². The van der Waals surface area contributed by atoms with E-state index in [0.717, 1.165) is 0 Å². The molecule has 5 atom stereocenters. The zero-order valence-corrected chi connectivity index (χ0v) is 25.5. The van der Waals surface area contributed by atoms with Crippen LogP contribution in [0, 0.1) is 17.7 Å². The molecule has 2 aromatic rings. The number of aliphatic hydroxyl groups is 3. The molecule has 2 amide bonds. The number of rotatable bonds is 6. The number of nitrogens with zero attached hydrogens (tertiary/aromatic N) is 2. The van der Waals surface area contributed by atoms with Crippen molar-refractivity contribution < 1.29 is 44.0 Å². The van der Waals surface area contributed by atoms with Crippen molar-refractivity contribution >= 4 is 46.4 Å². The van der Waals surface area contributed by atoms with Gasteiger partial charge in [0.05, 0.1) is 16.6 Å². The van der Waals surface area contributed by atoms with Crippen LogP contribution in [0.15, 0.2) is 47.2 Å². The van der Waals surface area contributed by atoms with Crippen molar-refractivity contribution in [3.63, 3.8) is 0 Å².